The van der Waals surface area contributed by atoms with Gasteiger partial charge in [-0.3, -0.25) is 14.3 Å². The number of esters is 1. The van der Waals surface area contributed by atoms with Crippen LogP contribution in [0.2, 0.25) is 0 Å². The molecule has 1 aliphatic heterocycles. The highest BCUT2D eigenvalue weighted by Crippen LogP contribution is 2.36. The largest absolute Gasteiger partial charge is 0.466 e. The van der Waals surface area contributed by atoms with Gasteiger partial charge in [0.25, 0.3) is 0 Å². The average Bonchev–Trinajstić information content (AvgIpc) is 3.25. The van der Waals surface area contributed by atoms with Gasteiger partial charge in [0.2, 0.25) is 5.91 Å². The van der Waals surface area contributed by atoms with E-state index in [1.807, 2.05) is 30.0 Å². The summed E-state index contributed by atoms with van der Waals surface area (Å²) in [5.41, 5.74) is 0.563. The molecule has 0 bridgehead atoms. The lowest BCUT2D eigenvalue weighted by molar-refractivity contribution is -0.161. The van der Waals surface area contributed by atoms with Crippen molar-refractivity contribution in [2.24, 2.45) is 5.41 Å². The monoisotopic (exact) mass is 384 g/mol. The number of piperidine rings is 1. The van der Waals surface area contributed by atoms with E-state index < -0.39 is 5.41 Å². The molecule has 28 heavy (non-hydrogen) atoms. The molecule has 1 amide bonds. The molecule has 1 unspecified atom stereocenters. The van der Waals surface area contributed by atoms with Crippen LogP contribution in [0.25, 0.3) is 0 Å². The molecule has 0 N–H and O–H groups in total. The van der Waals surface area contributed by atoms with E-state index in [0.717, 1.165) is 19.3 Å². The molecule has 1 fully saturated rings. The van der Waals surface area contributed by atoms with Gasteiger partial charge in [-0.1, -0.05) is 30.3 Å². The molecule has 1 aromatic carbocycles. The van der Waals surface area contributed by atoms with Crippen molar-refractivity contribution in [3.63, 3.8) is 0 Å². The number of hydrogen-bond acceptors (Lipinski definition) is 5. The second kappa shape index (κ2) is 9.48. The molecule has 7 heteroatoms. The summed E-state index contributed by atoms with van der Waals surface area (Å²) in [6.45, 7) is 3.78. The molecule has 2 heterocycles. The first kappa shape index (κ1) is 20.0. The van der Waals surface area contributed by atoms with E-state index >= 15 is 0 Å². The quantitative estimate of drug-likeness (QED) is 0.654. The summed E-state index contributed by atoms with van der Waals surface area (Å²) < 4.78 is 7.07. The van der Waals surface area contributed by atoms with E-state index in [2.05, 4.69) is 22.2 Å². The molecule has 0 aliphatic carbocycles. The molecule has 1 saturated heterocycles. The third-order valence-electron chi connectivity index (χ3n) is 5.39. The summed E-state index contributed by atoms with van der Waals surface area (Å²) in [6, 6.07) is 10.1. The maximum absolute atomic E-state index is 12.9. The predicted molar refractivity (Wildman–Crippen MR) is 104 cm³/mol. The third-order valence-corrected chi connectivity index (χ3v) is 5.39. The van der Waals surface area contributed by atoms with Crippen LogP contribution < -0.4 is 0 Å². The van der Waals surface area contributed by atoms with E-state index in [1.165, 1.54) is 11.9 Å². The molecule has 0 spiro atoms. The lowest BCUT2D eigenvalue weighted by atomic mass is 9.75. The summed E-state index contributed by atoms with van der Waals surface area (Å²) in [5, 5.41) is 4.04. The fraction of sp³-hybridized carbons (Fsp3) is 0.524. The summed E-state index contributed by atoms with van der Waals surface area (Å²) in [7, 11) is 0. The van der Waals surface area contributed by atoms with Crippen molar-refractivity contribution >= 4 is 11.9 Å². The van der Waals surface area contributed by atoms with E-state index in [9.17, 15) is 9.59 Å². The zero-order valence-corrected chi connectivity index (χ0v) is 16.4. The first-order valence-corrected chi connectivity index (χ1v) is 9.94. The van der Waals surface area contributed by atoms with Gasteiger partial charge in [0.15, 0.2) is 0 Å². The van der Waals surface area contributed by atoms with Gasteiger partial charge < -0.3 is 9.64 Å². The Bertz CT molecular complexity index is 763. The topological polar surface area (TPSA) is 77.3 Å². The number of aryl methyl sites for hydroxylation is 2. The molecule has 150 valence electrons. The Morgan fingerprint density at radius 1 is 1.25 bits per heavy atom. The Balaban J connectivity index is 1.67. The van der Waals surface area contributed by atoms with Crippen molar-refractivity contribution in [2.45, 2.75) is 45.6 Å². The minimum Gasteiger partial charge on any atom is -0.466 e. The van der Waals surface area contributed by atoms with Crippen LogP contribution >= 0.6 is 0 Å². The van der Waals surface area contributed by atoms with Gasteiger partial charge >= 0.3 is 5.97 Å². The predicted octanol–water partition coefficient (Wildman–Crippen LogP) is 2.47. The van der Waals surface area contributed by atoms with Gasteiger partial charge in [-0.2, -0.15) is 5.10 Å². The molecule has 1 aliphatic rings. The molecule has 1 aromatic heterocycles. The molecule has 0 saturated carbocycles. The molecular weight excluding hydrogens is 356 g/mol. The zero-order chi connectivity index (χ0) is 19.8. The van der Waals surface area contributed by atoms with E-state index in [4.69, 9.17) is 4.74 Å². The summed E-state index contributed by atoms with van der Waals surface area (Å²) >= 11 is 0. The maximum Gasteiger partial charge on any atom is 0.313 e. The van der Waals surface area contributed by atoms with Crippen molar-refractivity contribution in [3.05, 3.63) is 48.5 Å². The van der Waals surface area contributed by atoms with E-state index in [1.54, 1.807) is 11.0 Å². The number of likely N-dealkylation sites (tertiary alicyclic amines) is 1. The number of carbonyl (C=O) groups excluding carboxylic acids is 2. The number of rotatable bonds is 8. The van der Waals surface area contributed by atoms with Crippen LogP contribution in [0.1, 0.15) is 38.2 Å². The Kier molecular flexibility index (Phi) is 6.79. The van der Waals surface area contributed by atoms with Crippen LogP contribution in [0.4, 0.5) is 0 Å². The first-order chi connectivity index (χ1) is 13.6. The van der Waals surface area contributed by atoms with Crippen molar-refractivity contribution in [1.82, 2.24) is 19.7 Å². The molecule has 3 rings (SSSR count). The van der Waals surface area contributed by atoms with Crippen LogP contribution in [-0.2, 0) is 27.3 Å². The molecule has 2 aromatic rings. The Morgan fingerprint density at radius 3 is 2.79 bits per heavy atom. The number of hydrogen-bond donors (Lipinski definition) is 0. The lowest BCUT2D eigenvalue weighted by Crippen LogP contribution is -2.51. The normalized spacial score (nSPS) is 19.4. The fourth-order valence-electron chi connectivity index (χ4n) is 3.85. The summed E-state index contributed by atoms with van der Waals surface area (Å²) in [5.74, 6) is -0.136. The minimum atomic E-state index is -0.632. The van der Waals surface area contributed by atoms with Crippen LogP contribution in [0.5, 0.6) is 0 Å². The van der Waals surface area contributed by atoms with Gasteiger partial charge in [0, 0.05) is 19.5 Å². The number of carbonyl (C=O) groups is 2. The van der Waals surface area contributed by atoms with Crippen molar-refractivity contribution in [3.8, 4) is 0 Å². The number of benzene rings is 1. The highest BCUT2D eigenvalue weighted by Gasteiger charge is 2.44. The number of ether oxygens (including phenoxy) is 1. The smallest absolute Gasteiger partial charge is 0.313 e. The number of amides is 1. The zero-order valence-electron chi connectivity index (χ0n) is 16.4. The van der Waals surface area contributed by atoms with Gasteiger partial charge in [0.05, 0.1) is 18.6 Å². The second-order valence-electron chi connectivity index (χ2n) is 7.31. The van der Waals surface area contributed by atoms with Gasteiger partial charge in [0.1, 0.15) is 12.7 Å². The lowest BCUT2D eigenvalue weighted by Gasteiger charge is -2.41. The average molecular weight is 384 g/mol. The van der Waals surface area contributed by atoms with Crippen molar-refractivity contribution in [2.75, 3.05) is 19.7 Å². The molecular formula is C21H28N4O3. The Labute approximate surface area is 165 Å². The highest BCUT2D eigenvalue weighted by atomic mass is 16.5. The molecule has 0 radical (unpaired) electrons. The van der Waals surface area contributed by atoms with E-state index in [-0.39, 0.29) is 11.9 Å². The summed E-state index contributed by atoms with van der Waals surface area (Å²) in [6.07, 6.45) is 6.45. The second-order valence-corrected chi connectivity index (χ2v) is 7.31. The number of aromatic nitrogens is 3. The Hall–Kier alpha value is -2.70. The van der Waals surface area contributed by atoms with Crippen molar-refractivity contribution in [1.29, 1.82) is 0 Å². The van der Waals surface area contributed by atoms with E-state index in [0.29, 0.717) is 39.1 Å². The Morgan fingerprint density at radius 2 is 2.07 bits per heavy atom. The van der Waals surface area contributed by atoms with Gasteiger partial charge in [-0.15, -0.1) is 0 Å². The van der Waals surface area contributed by atoms with Crippen LogP contribution in [0.3, 0.4) is 0 Å². The molecule has 1 atom stereocenters. The van der Waals surface area contributed by atoms with Crippen LogP contribution in [0.15, 0.2) is 43.0 Å². The fourth-order valence-corrected chi connectivity index (χ4v) is 3.85. The minimum absolute atomic E-state index is 0.0450. The van der Waals surface area contributed by atoms with Crippen LogP contribution in [0, 0.1) is 5.41 Å². The van der Waals surface area contributed by atoms with Gasteiger partial charge in [-0.05, 0) is 38.2 Å². The van der Waals surface area contributed by atoms with Crippen molar-refractivity contribution < 1.29 is 14.3 Å². The SMILES string of the molecule is CCOC(=O)C1(CCc2ccccc2)CCCN(C(=O)CCn2cncn2)C1. The maximum atomic E-state index is 12.9. The first-order valence-electron chi connectivity index (χ1n) is 9.94. The third kappa shape index (κ3) is 4.97. The van der Waals surface area contributed by atoms with Gasteiger partial charge in [-0.25, -0.2) is 4.98 Å². The molecule has 7 nitrogen and oxygen atoms in total. The van der Waals surface area contributed by atoms with Crippen LogP contribution in [-0.4, -0.2) is 51.2 Å². The standard InChI is InChI=1S/C21H28N4O3/c1-2-28-20(27)21(12-9-18-7-4-3-5-8-18)11-6-13-24(15-21)19(26)10-14-25-17-22-16-23-25/h3-5,7-8,16-17H,2,6,9-15H2,1H3. The summed E-state index contributed by atoms with van der Waals surface area (Å²) in [4.78, 5) is 31.3. The highest BCUT2D eigenvalue weighted by molar-refractivity contribution is 5.80. The number of nitrogens with zero attached hydrogens (tertiary/aromatic N) is 4.